The molecule has 0 bridgehead atoms. The summed E-state index contributed by atoms with van der Waals surface area (Å²) in [5.41, 5.74) is -0.684. The zero-order chi connectivity index (χ0) is 27.6. The van der Waals surface area contributed by atoms with Crippen molar-refractivity contribution in [3.05, 3.63) is 47.7 Å². The largest absolute Gasteiger partial charge is 0.497 e. The van der Waals surface area contributed by atoms with Crippen LogP contribution in [0.25, 0.3) is 6.08 Å². The molecule has 0 aromatic heterocycles. The summed E-state index contributed by atoms with van der Waals surface area (Å²) in [6.07, 6.45) is -4.56. The Hall–Kier alpha value is -3.00. The van der Waals surface area contributed by atoms with Crippen LogP contribution in [0.4, 0.5) is 0 Å². The Kier molecular flexibility index (Phi) is 8.40. The molecule has 38 heavy (non-hydrogen) atoms. The number of aliphatic carboxylic acids is 1. The zero-order valence-corrected chi connectivity index (χ0v) is 20.9. The summed E-state index contributed by atoms with van der Waals surface area (Å²) >= 11 is 0. The fraction of sp³-hybridized carbons (Fsp3) is 0.538. The van der Waals surface area contributed by atoms with Crippen LogP contribution < -0.4 is 4.74 Å². The second-order valence-electron chi connectivity index (χ2n) is 9.76. The lowest BCUT2D eigenvalue weighted by atomic mass is 9.81. The van der Waals surface area contributed by atoms with Crippen LogP contribution in [0.2, 0.25) is 0 Å². The summed E-state index contributed by atoms with van der Waals surface area (Å²) < 4.78 is 27.6. The smallest absolute Gasteiger partial charge is 0.334 e. The first-order valence-corrected chi connectivity index (χ1v) is 12.2. The van der Waals surface area contributed by atoms with Crippen molar-refractivity contribution in [2.45, 2.75) is 62.4 Å². The van der Waals surface area contributed by atoms with Gasteiger partial charge in [0.05, 0.1) is 37.1 Å². The number of aliphatic hydroxyl groups is 4. The van der Waals surface area contributed by atoms with Crippen molar-refractivity contribution < 1.29 is 58.8 Å². The highest BCUT2D eigenvalue weighted by molar-refractivity contribution is 5.87. The minimum Gasteiger partial charge on any atom is -0.497 e. The number of benzene rings is 1. The fourth-order valence-electron chi connectivity index (χ4n) is 5.17. The Morgan fingerprint density at radius 2 is 1.87 bits per heavy atom. The molecule has 9 atom stereocenters. The first-order chi connectivity index (χ1) is 18.1. The molecule has 12 heteroatoms. The first kappa shape index (κ1) is 28.0. The van der Waals surface area contributed by atoms with Crippen molar-refractivity contribution in [2.24, 2.45) is 11.8 Å². The zero-order valence-electron chi connectivity index (χ0n) is 20.9. The second kappa shape index (κ2) is 11.4. The van der Waals surface area contributed by atoms with E-state index in [2.05, 4.69) is 0 Å². The average molecular weight is 537 g/mol. The van der Waals surface area contributed by atoms with Crippen molar-refractivity contribution in [1.29, 1.82) is 0 Å². The van der Waals surface area contributed by atoms with E-state index in [1.165, 1.54) is 13.2 Å². The molecular weight excluding hydrogens is 504 g/mol. The molecular formula is C26H32O12. The average Bonchev–Trinajstić information content (AvgIpc) is 3.22. The molecule has 2 heterocycles. The number of rotatable bonds is 8. The molecule has 2 aliphatic heterocycles. The SMILES string of the molecule is COc1ccc(/C=C/C(=O)O[C@H]2[C@H](O[C@@H]3OC=C(C(=O)O)[C@H]4CC[C@@](C)(O)[C@@H]34)O[C@H](CO)[C@@H](O)[C@@H]2O)cc1. The summed E-state index contributed by atoms with van der Waals surface area (Å²) in [4.78, 5) is 24.3. The van der Waals surface area contributed by atoms with Crippen molar-refractivity contribution >= 4 is 18.0 Å². The van der Waals surface area contributed by atoms with Crippen LogP contribution in [0.1, 0.15) is 25.3 Å². The van der Waals surface area contributed by atoms with Gasteiger partial charge in [-0.05, 0) is 43.5 Å². The number of carboxylic acid groups (broad SMARTS) is 1. The van der Waals surface area contributed by atoms with Gasteiger partial charge in [0, 0.05) is 12.0 Å². The number of esters is 1. The van der Waals surface area contributed by atoms with E-state index in [0.29, 0.717) is 17.7 Å². The minimum absolute atomic E-state index is 0.00692. The molecule has 3 aliphatic rings. The molecule has 1 aliphatic carbocycles. The molecule has 0 radical (unpaired) electrons. The topological polar surface area (TPSA) is 181 Å². The van der Waals surface area contributed by atoms with Gasteiger partial charge in [-0.1, -0.05) is 12.1 Å². The minimum atomic E-state index is -1.70. The number of carbonyl (C=O) groups is 2. The predicted molar refractivity (Wildman–Crippen MR) is 128 cm³/mol. The highest BCUT2D eigenvalue weighted by Gasteiger charge is 2.56. The van der Waals surface area contributed by atoms with Gasteiger partial charge in [0.15, 0.2) is 6.10 Å². The molecule has 1 aromatic carbocycles. The monoisotopic (exact) mass is 536 g/mol. The third kappa shape index (κ3) is 5.70. The summed E-state index contributed by atoms with van der Waals surface area (Å²) in [6, 6.07) is 6.84. The van der Waals surface area contributed by atoms with E-state index in [9.17, 15) is 35.1 Å². The van der Waals surface area contributed by atoms with Gasteiger partial charge in [-0.15, -0.1) is 0 Å². The molecule has 0 unspecified atom stereocenters. The number of hydrogen-bond donors (Lipinski definition) is 5. The lowest BCUT2D eigenvalue weighted by Gasteiger charge is -2.44. The van der Waals surface area contributed by atoms with E-state index >= 15 is 0 Å². The Bertz CT molecular complexity index is 1060. The van der Waals surface area contributed by atoms with Crippen LogP contribution >= 0.6 is 0 Å². The lowest BCUT2D eigenvalue weighted by molar-refractivity contribution is -0.346. The van der Waals surface area contributed by atoms with Gasteiger partial charge in [-0.2, -0.15) is 0 Å². The van der Waals surface area contributed by atoms with Gasteiger partial charge in [-0.25, -0.2) is 9.59 Å². The Morgan fingerprint density at radius 1 is 1.16 bits per heavy atom. The van der Waals surface area contributed by atoms with Gasteiger partial charge in [-0.3, -0.25) is 0 Å². The van der Waals surface area contributed by atoms with Crippen LogP contribution in [-0.2, 0) is 28.5 Å². The van der Waals surface area contributed by atoms with E-state index in [0.717, 1.165) is 12.3 Å². The number of carbonyl (C=O) groups excluding carboxylic acids is 1. The molecule has 0 spiro atoms. The third-order valence-electron chi connectivity index (χ3n) is 7.25. The quantitative estimate of drug-likeness (QED) is 0.225. The van der Waals surface area contributed by atoms with Crippen LogP contribution in [0.15, 0.2) is 42.2 Å². The van der Waals surface area contributed by atoms with Gasteiger partial charge in [0.25, 0.3) is 0 Å². The number of carboxylic acids is 1. The number of aliphatic hydroxyl groups excluding tert-OH is 3. The molecule has 208 valence electrons. The van der Waals surface area contributed by atoms with E-state index in [1.807, 2.05) is 0 Å². The highest BCUT2D eigenvalue weighted by atomic mass is 16.8. The van der Waals surface area contributed by atoms with Crippen LogP contribution in [-0.4, -0.2) is 93.8 Å². The van der Waals surface area contributed by atoms with E-state index < -0.39 is 73.0 Å². The summed E-state index contributed by atoms with van der Waals surface area (Å²) in [5.74, 6) is -2.81. The van der Waals surface area contributed by atoms with Crippen molar-refractivity contribution in [3.63, 3.8) is 0 Å². The molecule has 12 nitrogen and oxygen atoms in total. The number of fused-ring (bicyclic) bond motifs is 1. The maximum atomic E-state index is 12.6. The van der Waals surface area contributed by atoms with E-state index in [1.54, 1.807) is 31.2 Å². The van der Waals surface area contributed by atoms with Gasteiger partial charge >= 0.3 is 11.9 Å². The molecule has 5 N–H and O–H groups in total. The van der Waals surface area contributed by atoms with E-state index in [-0.39, 0.29) is 12.0 Å². The van der Waals surface area contributed by atoms with Crippen LogP contribution in [0.3, 0.4) is 0 Å². The standard InChI is InChI=1S/C26H32O12/c1-26(33)10-9-15-16(23(31)32)12-35-24(19(15)26)38-25-22(21(30)20(29)17(11-27)36-25)37-18(28)8-5-13-3-6-14(34-2)7-4-13/h3-8,12,15,17,19-22,24-25,27,29-30,33H,9-11H2,1-2H3,(H,31,32)/b8-5+/t15-,17-,19-,20-,21+,22-,24+,25+,26-/m1/s1. The van der Waals surface area contributed by atoms with Gasteiger partial charge in [0.1, 0.15) is 24.1 Å². The first-order valence-electron chi connectivity index (χ1n) is 12.2. The predicted octanol–water partition coefficient (Wildman–Crippen LogP) is 0.178. The lowest BCUT2D eigenvalue weighted by Crippen LogP contribution is -2.61. The Labute approximate surface area is 218 Å². The molecule has 2 fully saturated rings. The summed E-state index contributed by atoms with van der Waals surface area (Å²) in [6.45, 7) is 0.870. The Balaban J connectivity index is 1.53. The Morgan fingerprint density at radius 3 is 2.50 bits per heavy atom. The summed E-state index contributed by atoms with van der Waals surface area (Å²) in [5, 5.41) is 51.2. The highest BCUT2D eigenvalue weighted by Crippen LogP contribution is 2.49. The fourth-order valence-corrected chi connectivity index (χ4v) is 5.17. The molecule has 1 saturated heterocycles. The molecule has 4 rings (SSSR count). The maximum Gasteiger partial charge on any atom is 0.334 e. The molecule has 1 saturated carbocycles. The third-order valence-corrected chi connectivity index (χ3v) is 7.25. The van der Waals surface area contributed by atoms with Gasteiger partial charge in [0.2, 0.25) is 12.6 Å². The van der Waals surface area contributed by atoms with E-state index in [4.69, 9.17) is 23.7 Å². The summed E-state index contributed by atoms with van der Waals surface area (Å²) in [7, 11) is 1.53. The molecule has 1 aromatic rings. The molecule has 0 amide bonds. The normalized spacial score (nSPS) is 36.7. The number of methoxy groups -OCH3 is 1. The van der Waals surface area contributed by atoms with Crippen LogP contribution in [0.5, 0.6) is 5.75 Å². The maximum absolute atomic E-state index is 12.6. The van der Waals surface area contributed by atoms with Crippen LogP contribution in [0, 0.1) is 11.8 Å². The van der Waals surface area contributed by atoms with Gasteiger partial charge < -0.3 is 49.2 Å². The van der Waals surface area contributed by atoms with Crippen molar-refractivity contribution in [1.82, 2.24) is 0 Å². The second-order valence-corrected chi connectivity index (χ2v) is 9.76. The number of hydrogen-bond acceptors (Lipinski definition) is 11. The van der Waals surface area contributed by atoms with Crippen molar-refractivity contribution in [2.75, 3.05) is 13.7 Å². The number of ether oxygens (including phenoxy) is 5. The van der Waals surface area contributed by atoms with Crippen molar-refractivity contribution in [3.8, 4) is 5.75 Å².